The number of anilines is 9. The molecular formula is C77H75BN4. The van der Waals surface area contributed by atoms with Crippen LogP contribution >= 0.6 is 0 Å². The van der Waals surface area contributed by atoms with Crippen molar-refractivity contribution in [3.8, 4) is 16.8 Å². The first-order valence-electron chi connectivity index (χ1n) is 29.4. The van der Waals surface area contributed by atoms with E-state index in [0.717, 1.165) is 22.7 Å². The Morgan fingerprint density at radius 1 is 0.366 bits per heavy atom. The Labute approximate surface area is 487 Å². The van der Waals surface area contributed by atoms with Crippen LogP contribution in [0, 0.1) is 34.6 Å². The number of fused-ring (bicyclic) bond motifs is 7. The summed E-state index contributed by atoms with van der Waals surface area (Å²) in [6.07, 6.45) is 0. The second-order valence-electron chi connectivity index (χ2n) is 26.6. The molecule has 3 heterocycles. The Balaban J connectivity index is 1.09. The second-order valence-corrected chi connectivity index (χ2v) is 26.6. The predicted molar refractivity (Wildman–Crippen MR) is 355 cm³/mol. The molecule has 0 spiro atoms. The van der Waals surface area contributed by atoms with Crippen molar-refractivity contribution in [3.63, 3.8) is 0 Å². The molecule has 0 bridgehead atoms. The van der Waals surface area contributed by atoms with Gasteiger partial charge in [-0.15, -0.1) is 0 Å². The highest BCUT2D eigenvalue weighted by atomic mass is 15.2. The van der Waals surface area contributed by atoms with Crippen molar-refractivity contribution in [1.29, 1.82) is 0 Å². The van der Waals surface area contributed by atoms with Gasteiger partial charge in [-0.1, -0.05) is 178 Å². The molecule has 4 nitrogen and oxygen atoms in total. The predicted octanol–water partition coefficient (Wildman–Crippen LogP) is 19.4. The Kier molecular flexibility index (Phi) is 12.4. The van der Waals surface area contributed by atoms with Gasteiger partial charge in [-0.2, -0.15) is 0 Å². The number of hydrogen-bond acceptors (Lipinski definition) is 3. The molecule has 0 N–H and O–H groups in total. The summed E-state index contributed by atoms with van der Waals surface area (Å²) in [5, 5.41) is 2.47. The number of aryl methyl sites for hydroxylation is 5. The highest BCUT2D eigenvalue weighted by molar-refractivity contribution is 7.00. The lowest BCUT2D eigenvalue weighted by Crippen LogP contribution is -2.61. The normalized spacial score (nSPS) is 13.2. The molecule has 5 heteroatoms. The minimum atomic E-state index is -0.0744. The van der Waals surface area contributed by atoms with Crippen LogP contribution in [0.4, 0.5) is 51.2 Å². The molecule has 406 valence electrons. The molecule has 0 fully saturated rings. The van der Waals surface area contributed by atoms with Gasteiger partial charge in [-0.25, -0.2) is 0 Å². The highest BCUT2D eigenvalue weighted by Gasteiger charge is 2.44. The number of para-hydroxylation sites is 2. The maximum Gasteiger partial charge on any atom is 0.252 e. The molecule has 13 rings (SSSR count). The molecule has 1 aromatic heterocycles. The number of nitrogens with zero attached hydrogens (tertiary/aromatic N) is 4. The van der Waals surface area contributed by atoms with Crippen LogP contribution in [0.25, 0.3) is 38.6 Å². The Bertz CT molecular complexity index is 4290. The van der Waals surface area contributed by atoms with Crippen molar-refractivity contribution < 1.29 is 0 Å². The van der Waals surface area contributed by atoms with Gasteiger partial charge in [0.2, 0.25) is 0 Å². The number of hydrogen-bond donors (Lipinski definition) is 0. The van der Waals surface area contributed by atoms with Gasteiger partial charge in [-0.05, 0) is 208 Å². The largest absolute Gasteiger partial charge is 0.311 e. The molecule has 11 aromatic rings. The third kappa shape index (κ3) is 8.74. The summed E-state index contributed by atoms with van der Waals surface area (Å²) in [6.45, 7) is 32.3. The Hall–Kier alpha value is -8.54. The number of benzene rings is 10. The van der Waals surface area contributed by atoms with Crippen molar-refractivity contribution in [3.05, 3.63) is 245 Å². The van der Waals surface area contributed by atoms with E-state index in [4.69, 9.17) is 0 Å². The molecular weight excluding hydrogens is 992 g/mol. The average molecular weight is 1070 g/mol. The SMILES string of the molecule is Cc1cc2c3c(c1)N(c1ccc(C(C)(C)C)cc1)c1cc(N(c4ccc5c6ccccc6n(-c6ccccc6)c5c4)c4c(C)cc(C(C)(C)C)cc4C)ccc1B3c1cc(C(C)(C)C)ccc1N2c1cc(C)c(-c2ccccc2)c(C)c1. The summed E-state index contributed by atoms with van der Waals surface area (Å²) < 4.78 is 2.44. The van der Waals surface area contributed by atoms with Crippen molar-refractivity contribution in [2.75, 3.05) is 14.7 Å². The minimum Gasteiger partial charge on any atom is -0.311 e. The van der Waals surface area contributed by atoms with E-state index in [2.05, 4.69) is 316 Å². The zero-order chi connectivity index (χ0) is 57.3. The standard InChI is InChI=1S/C77H75BN4/c1-48-39-70-73-71(40-48)82(61-43-49(2)72(50(3)44-61)53-23-17-15-18-24-53)67-38-31-55(76(9,10)11)45-65(67)78(73)64-37-35-60(47-69(64)81(70)58-32-29-54(30-33-58)75(6,7)8)79(74-51(4)41-56(42-52(74)5)77(12,13)14)59-34-36-63-62-27-21-22-28-66(62)80(68(63)46-59)57-25-19-16-20-26-57/h15-47H,1-14H3. The lowest BCUT2D eigenvalue weighted by Gasteiger charge is -2.45. The molecule has 0 saturated heterocycles. The van der Waals surface area contributed by atoms with E-state index in [-0.39, 0.29) is 23.0 Å². The van der Waals surface area contributed by atoms with E-state index in [1.807, 2.05) is 0 Å². The van der Waals surface area contributed by atoms with Crippen LogP contribution in [0.1, 0.15) is 107 Å². The smallest absolute Gasteiger partial charge is 0.252 e. The first-order valence-corrected chi connectivity index (χ1v) is 29.4. The molecule has 0 atom stereocenters. The fraction of sp³-hybridized carbons (Fsp3) is 0.221. The molecule has 2 aliphatic heterocycles. The van der Waals surface area contributed by atoms with Crippen LogP contribution in [-0.2, 0) is 16.2 Å². The van der Waals surface area contributed by atoms with Gasteiger partial charge in [0, 0.05) is 62.0 Å². The monoisotopic (exact) mass is 1070 g/mol. The van der Waals surface area contributed by atoms with Gasteiger partial charge in [0.15, 0.2) is 0 Å². The van der Waals surface area contributed by atoms with E-state index in [1.165, 1.54) is 128 Å². The lowest BCUT2D eigenvalue weighted by molar-refractivity contribution is 0.589. The molecule has 0 amide bonds. The summed E-state index contributed by atoms with van der Waals surface area (Å²) >= 11 is 0. The van der Waals surface area contributed by atoms with Crippen LogP contribution in [0.5, 0.6) is 0 Å². The van der Waals surface area contributed by atoms with Gasteiger partial charge < -0.3 is 19.3 Å². The topological polar surface area (TPSA) is 14.7 Å². The summed E-state index contributed by atoms with van der Waals surface area (Å²) in [7, 11) is 0. The lowest BCUT2D eigenvalue weighted by atomic mass is 9.33. The Morgan fingerprint density at radius 2 is 0.915 bits per heavy atom. The Morgan fingerprint density at radius 3 is 1.55 bits per heavy atom. The van der Waals surface area contributed by atoms with Gasteiger partial charge in [-0.3, -0.25) is 0 Å². The fourth-order valence-corrected chi connectivity index (χ4v) is 13.6. The van der Waals surface area contributed by atoms with E-state index < -0.39 is 0 Å². The highest BCUT2D eigenvalue weighted by Crippen LogP contribution is 2.50. The summed E-state index contributed by atoms with van der Waals surface area (Å²) in [6, 6.07) is 76.5. The minimum absolute atomic E-state index is 0.00747. The van der Waals surface area contributed by atoms with E-state index in [0.29, 0.717) is 0 Å². The van der Waals surface area contributed by atoms with Gasteiger partial charge in [0.25, 0.3) is 6.71 Å². The van der Waals surface area contributed by atoms with Crippen molar-refractivity contribution in [1.82, 2.24) is 4.57 Å². The van der Waals surface area contributed by atoms with Crippen molar-refractivity contribution in [2.45, 2.75) is 113 Å². The van der Waals surface area contributed by atoms with Crippen molar-refractivity contribution >= 4 is 96.1 Å². The van der Waals surface area contributed by atoms with Gasteiger partial charge >= 0.3 is 0 Å². The third-order valence-electron chi connectivity index (χ3n) is 17.7. The van der Waals surface area contributed by atoms with Crippen LogP contribution in [0.2, 0.25) is 0 Å². The van der Waals surface area contributed by atoms with Crippen molar-refractivity contribution in [2.24, 2.45) is 0 Å². The third-order valence-corrected chi connectivity index (χ3v) is 17.7. The van der Waals surface area contributed by atoms with E-state index >= 15 is 0 Å². The van der Waals surface area contributed by atoms with Crippen LogP contribution < -0.4 is 31.1 Å². The number of aromatic nitrogens is 1. The molecule has 0 aliphatic carbocycles. The van der Waals surface area contributed by atoms with Crippen LogP contribution in [0.15, 0.2) is 200 Å². The fourth-order valence-electron chi connectivity index (χ4n) is 13.6. The summed E-state index contributed by atoms with van der Waals surface area (Å²) in [5.41, 5.74) is 30.6. The first kappa shape index (κ1) is 52.8. The molecule has 0 unspecified atom stereocenters. The average Bonchev–Trinajstić information content (AvgIpc) is 1.13. The van der Waals surface area contributed by atoms with Crippen LogP contribution in [-0.4, -0.2) is 11.3 Å². The molecule has 10 aromatic carbocycles. The second kappa shape index (κ2) is 19.3. The molecule has 2 aliphatic rings. The summed E-state index contributed by atoms with van der Waals surface area (Å²) in [5.74, 6) is 0. The van der Waals surface area contributed by atoms with Gasteiger partial charge in [0.05, 0.1) is 16.7 Å². The quantitative estimate of drug-likeness (QED) is 0.148. The first-order chi connectivity index (χ1) is 39.1. The zero-order valence-corrected chi connectivity index (χ0v) is 50.4. The van der Waals surface area contributed by atoms with Gasteiger partial charge in [0.1, 0.15) is 0 Å². The van der Waals surface area contributed by atoms with E-state index in [9.17, 15) is 0 Å². The zero-order valence-electron chi connectivity index (χ0n) is 50.4. The molecule has 0 radical (unpaired) electrons. The maximum absolute atomic E-state index is 2.59. The van der Waals surface area contributed by atoms with Crippen LogP contribution in [0.3, 0.4) is 0 Å². The number of rotatable bonds is 7. The summed E-state index contributed by atoms with van der Waals surface area (Å²) in [4.78, 5) is 7.73. The maximum atomic E-state index is 2.59. The molecule has 0 saturated carbocycles. The molecule has 82 heavy (non-hydrogen) atoms. The van der Waals surface area contributed by atoms with E-state index in [1.54, 1.807) is 0 Å².